The second-order valence-electron chi connectivity index (χ2n) is 14.4. The highest BCUT2D eigenvalue weighted by Crippen LogP contribution is 2.45. The van der Waals surface area contributed by atoms with Gasteiger partial charge in [-0.2, -0.15) is 0 Å². The van der Waals surface area contributed by atoms with Gasteiger partial charge in [-0.05, 0) is 108 Å². The minimum atomic E-state index is 0.0660. The standard InChI is InChI=1S/C26H27NO2S.C15H20N2O2.CH3NO/c1-18-11-13-19(14-12-18)26(28)27-16-15-20-17-24(29-21-7-3-2-4-8-21)30-25(20)22-9-5-6-10-23(22)27;1-11-3-4-13(12(2)18)14(16-11)17-9-15(10-17)5-7-19-8-6-15;2-1-3/h5-6,9-14,17,21H,2-4,7-8,15-16H2,1H3;3-4H,5-10H2,1-2H3;1H,(H2,2,3). The van der Waals surface area contributed by atoms with Gasteiger partial charge in [-0.25, -0.2) is 4.98 Å². The second kappa shape index (κ2) is 16.9. The van der Waals surface area contributed by atoms with Crippen LogP contribution in [0, 0.1) is 19.3 Å². The number of nitrogens with zero attached hydrogens (tertiary/aromatic N) is 3. The van der Waals surface area contributed by atoms with Crippen LogP contribution in [0.3, 0.4) is 0 Å². The Morgan fingerprint density at radius 2 is 1.67 bits per heavy atom. The van der Waals surface area contributed by atoms with Crippen LogP contribution in [0.4, 0.5) is 11.5 Å². The quantitative estimate of drug-likeness (QED) is 0.164. The van der Waals surface area contributed by atoms with Gasteiger partial charge in [-0.3, -0.25) is 14.4 Å². The summed E-state index contributed by atoms with van der Waals surface area (Å²) >= 11 is 1.74. The number of pyridine rings is 1. The molecule has 1 saturated carbocycles. The summed E-state index contributed by atoms with van der Waals surface area (Å²) in [6, 6.07) is 22.2. The molecule has 0 atom stereocenters. The first-order valence-corrected chi connectivity index (χ1v) is 19.3. The van der Waals surface area contributed by atoms with Crippen LogP contribution in [0.15, 0.2) is 66.7 Å². The van der Waals surface area contributed by atoms with Crippen molar-refractivity contribution in [3.8, 4) is 15.5 Å². The average molecular weight is 723 g/mol. The highest BCUT2D eigenvalue weighted by Gasteiger charge is 2.45. The molecule has 2 aromatic heterocycles. The number of fused-ring (bicyclic) bond motifs is 3. The SMILES string of the molecule is CC(=O)c1ccc(C)nc1N1CC2(CCOCC2)C1.Cc1ccc(C(=O)N2CCc3cc(OC4CCCCC4)sc3-c3ccccc32)cc1.NC=O. The third-order valence-electron chi connectivity index (χ3n) is 10.5. The summed E-state index contributed by atoms with van der Waals surface area (Å²) in [6.45, 7) is 10.1. The molecule has 2 N–H and O–H groups in total. The number of hydrogen-bond acceptors (Lipinski definition) is 8. The number of amides is 2. The number of para-hydroxylation sites is 1. The fraction of sp³-hybridized carbons (Fsp3) is 0.429. The smallest absolute Gasteiger partial charge is 0.258 e. The maximum absolute atomic E-state index is 13.3. The molecule has 0 unspecified atom stereocenters. The predicted molar refractivity (Wildman–Crippen MR) is 208 cm³/mol. The van der Waals surface area contributed by atoms with E-state index in [1.54, 1.807) is 18.3 Å². The van der Waals surface area contributed by atoms with Gasteiger partial charge in [0.05, 0.1) is 17.4 Å². The number of hydrogen-bond donors (Lipinski definition) is 1. The molecule has 2 amide bonds. The molecule has 9 nitrogen and oxygen atoms in total. The maximum atomic E-state index is 13.3. The number of anilines is 2. The van der Waals surface area contributed by atoms with Crippen LogP contribution in [0.2, 0.25) is 0 Å². The van der Waals surface area contributed by atoms with E-state index in [1.807, 2.05) is 61.2 Å². The fourth-order valence-corrected chi connectivity index (χ4v) is 8.79. The van der Waals surface area contributed by atoms with Crippen LogP contribution >= 0.6 is 11.3 Å². The van der Waals surface area contributed by atoms with Crippen LogP contribution in [0.1, 0.15) is 89.4 Å². The third-order valence-corrected chi connectivity index (χ3v) is 11.6. The Kier molecular flexibility index (Phi) is 12.1. The monoisotopic (exact) mass is 722 g/mol. The minimum absolute atomic E-state index is 0.0660. The highest BCUT2D eigenvalue weighted by atomic mass is 32.1. The van der Waals surface area contributed by atoms with Crippen molar-refractivity contribution in [2.24, 2.45) is 11.1 Å². The molecule has 3 aliphatic heterocycles. The number of ketones is 1. The third kappa shape index (κ3) is 8.56. The Labute approximate surface area is 311 Å². The van der Waals surface area contributed by atoms with E-state index in [2.05, 4.69) is 39.9 Å². The summed E-state index contributed by atoms with van der Waals surface area (Å²) in [7, 11) is 0. The van der Waals surface area contributed by atoms with Gasteiger partial charge in [-0.1, -0.05) is 53.7 Å². The number of primary amides is 1. The number of rotatable bonds is 5. The van der Waals surface area contributed by atoms with E-state index in [4.69, 9.17) is 14.3 Å². The van der Waals surface area contributed by atoms with Crippen molar-refractivity contribution in [1.29, 1.82) is 0 Å². The second-order valence-corrected chi connectivity index (χ2v) is 15.4. The van der Waals surface area contributed by atoms with E-state index in [1.165, 1.54) is 29.7 Å². The van der Waals surface area contributed by atoms with Gasteiger partial charge < -0.3 is 25.0 Å². The number of carbonyl (C=O) groups is 3. The summed E-state index contributed by atoms with van der Waals surface area (Å²) in [5.41, 5.74) is 11.6. The van der Waals surface area contributed by atoms with Crippen molar-refractivity contribution in [2.45, 2.75) is 78.2 Å². The Balaban J connectivity index is 0.000000181. The number of ether oxygens (including phenoxy) is 2. The average Bonchev–Trinajstić information content (AvgIpc) is 3.47. The Bertz CT molecular complexity index is 1850. The number of nitrogens with two attached hydrogens (primary N) is 1. The van der Waals surface area contributed by atoms with Crippen molar-refractivity contribution in [2.75, 3.05) is 42.6 Å². The predicted octanol–water partition coefficient (Wildman–Crippen LogP) is 7.95. The van der Waals surface area contributed by atoms with E-state index in [0.29, 0.717) is 18.1 Å². The lowest BCUT2D eigenvalue weighted by atomic mass is 9.73. The Morgan fingerprint density at radius 3 is 2.37 bits per heavy atom. The van der Waals surface area contributed by atoms with Crippen LogP contribution in [-0.4, -0.2) is 62.0 Å². The first-order chi connectivity index (χ1) is 25.2. The van der Waals surface area contributed by atoms with Gasteiger partial charge in [0.2, 0.25) is 6.41 Å². The largest absolute Gasteiger partial charge is 0.481 e. The molecular formula is C42H50N4O5S. The van der Waals surface area contributed by atoms with Gasteiger partial charge in [0, 0.05) is 60.0 Å². The van der Waals surface area contributed by atoms with Gasteiger partial charge in [0.15, 0.2) is 10.8 Å². The van der Waals surface area contributed by atoms with E-state index < -0.39 is 0 Å². The molecule has 1 spiro atoms. The molecule has 274 valence electrons. The number of thiophene rings is 1. The molecule has 4 aliphatic rings. The molecule has 0 radical (unpaired) electrons. The summed E-state index contributed by atoms with van der Waals surface area (Å²) < 4.78 is 11.8. The first-order valence-electron chi connectivity index (χ1n) is 18.4. The lowest BCUT2D eigenvalue weighted by Crippen LogP contribution is -2.59. The number of benzene rings is 2. The van der Waals surface area contributed by atoms with E-state index in [0.717, 1.165) is 103 Å². The van der Waals surface area contributed by atoms with E-state index in [-0.39, 0.29) is 18.1 Å². The van der Waals surface area contributed by atoms with Crippen molar-refractivity contribution in [3.05, 3.63) is 94.7 Å². The first kappa shape index (κ1) is 37.2. The van der Waals surface area contributed by atoms with Crippen LogP contribution in [0.25, 0.3) is 10.4 Å². The van der Waals surface area contributed by atoms with Gasteiger partial charge in [-0.15, -0.1) is 0 Å². The molecule has 2 aromatic carbocycles. The molecule has 1 aliphatic carbocycles. The van der Waals surface area contributed by atoms with Crippen molar-refractivity contribution in [1.82, 2.24) is 4.98 Å². The van der Waals surface area contributed by atoms with Gasteiger partial charge in [0.25, 0.3) is 5.91 Å². The number of carbonyl (C=O) groups excluding carboxylic acids is 3. The van der Waals surface area contributed by atoms with E-state index >= 15 is 0 Å². The summed E-state index contributed by atoms with van der Waals surface area (Å²) in [4.78, 5) is 43.6. The Hall–Kier alpha value is -4.54. The number of aromatic nitrogens is 1. The Morgan fingerprint density at radius 1 is 0.981 bits per heavy atom. The normalized spacial score (nSPS) is 17.5. The molecule has 4 aromatic rings. The van der Waals surface area contributed by atoms with Crippen molar-refractivity contribution < 1.29 is 23.9 Å². The molecule has 2 saturated heterocycles. The summed E-state index contributed by atoms with van der Waals surface area (Å²) in [6.07, 6.45) is 9.91. The topological polar surface area (TPSA) is 115 Å². The summed E-state index contributed by atoms with van der Waals surface area (Å²) in [5, 5.41) is 1.03. The zero-order valence-corrected chi connectivity index (χ0v) is 31.4. The van der Waals surface area contributed by atoms with Crippen LogP contribution < -0.4 is 20.3 Å². The molecule has 5 heterocycles. The molecule has 3 fully saturated rings. The molecule has 0 bridgehead atoms. The molecule has 52 heavy (non-hydrogen) atoms. The van der Waals surface area contributed by atoms with Crippen molar-refractivity contribution in [3.63, 3.8) is 0 Å². The zero-order valence-electron chi connectivity index (χ0n) is 30.6. The lowest BCUT2D eigenvalue weighted by molar-refractivity contribution is -0.106. The van der Waals surface area contributed by atoms with Crippen molar-refractivity contribution >= 4 is 40.9 Å². The summed E-state index contributed by atoms with van der Waals surface area (Å²) in [5.74, 6) is 1.02. The zero-order chi connectivity index (χ0) is 36.7. The maximum Gasteiger partial charge on any atom is 0.258 e. The van der Waals surface area contributed by atoms with Crippen LogP contribution in [-0.2, 0) is 16.0 Å². The number of Topliss-reactive ketones (excluding diaryl/α,β-unsaturated/α-hetero) is 1. The molecular weight excluding hydrogens is 673 g/mol. The van der Waals surface area contributed by atoms with E-state index in [9.17, 15) is 9.59 Å². The van der Waals surface area contributed by atoms with Gasteiger partial charge >= 0.3 is 0 Å². The highest BCUT2D eigenvalue weighted by molar-refractivity contribution is 7.17. The van der Waals surface area contributed by atoms with Crippen LogP contribution in [0.5, 0.6) is 5.06 Å². The molecule has 10 heteroatoms. The molecule has 8 rings (SSSR count). The fourth-order valence-electron chi connectivity index (χ4n) is 7.63. The number of aryl methyl sites for hydroxylation is 2. The lowest BCUT2D eigenvalue weighted by Gasteiger charge is -2.53. The minimum Gasteiger partial charge on any atom is -0.481 e. The van der Waals surface area contributed by atoms with Gasteiger partial charge in [0.1, 0.15) is 5.82 Å².